The quantitative estimate of drug-likeness (QED) is 0.727. The van der Waals surface area contributed by atoms with Gasteiger partial charge in [0.25, 0.3) is 0 Å². The minimum atomic E-state index is -1.44. The first-order chi connectivity index (χ1) is 9.32. The fraction of sp³-hybridized carbons (Fsp3) is 0.385. The second-order valence-electron chi connectivity index (χ2n) is 4.24. The zero-order valence-electron chi connectivity index (χ0n) is 10.9. The van der Waals surface area contributed by atoms with Crippen molar-refractivity contribution in [1.82, 2.24) is 0 Å². The fourth-order valence-corrected chi connectivity index (χ4v) is 2.34. The summed E-state index contributed by atoms with van der Waals surface area (Å²) in [5.41, 5.74) is 5.04. The number of hydrogen-bond acceptors (Lipinski definition) is 5. The number of rotatable bonds is 6. The van der Waals surface area contributed by atoms with Crippen molar-refractivity contribution in [3.8, 4) is 0 Å². The van der Waals surface area contributed by atoms with E-state index >= 15 is 0 Å². The molecule has 1 aromatic rings. The van der Waals surface area contributed by atoms with Gasteiger partial charge in [0.15, 0.2) is 5.12 Å². The van der Waals surface area contributed by atoms with Crippen molar-refractivity contribution in [2.24, 2.45) is 5.73 Å². The second-order valence-corrected chi connectivity index (χ2v) is 5.51. The number of aliphatic hydroxyl groups excluding tert-OH is 2. The lowest BCUT2D eigenvalue weighted by Crippen LogP contribution is -2.23. The van der Waals surface area contributed by atoms with E-state index in [4.69, 9.17) is 5.73 Å². The molecule has 7 heteroatoms. The van der Waals surface area contributed by atoms with E-state index in [1.54, 1.807) is 0 Å². The van der Waals surface area contributed by atoms with E-state index in [9.17, 15) is 24.2 Å². The van der Waals surface area contributed by atoms with Crippen molar-refractivity contribution in [3.05, 3.63) is 35.1 Å². The Morgan fingerprint density at radius 3 is 2.60 bits per heavy atom. The number of benzene rings is 1. The van der Waals surface area contributed by atoms with Crippen molar-refractivity contribution in [2.45, 2.75) is 25.6 Å². The van der Waals surface area contributed by atoms with E-state index in [2.05, 4.69) is 0 Å². The Morgan fingerprint density at radius 1 is 1.40 bits per heavy atom. The summed E-state index contributed by atoms with van der Waals surface area (Å²) in [6, 6.07) is 3.17. The van der Waals surface area contributed by atoms with Crippen molar-refractivity contribution < 1.29 is 24.2 Å². The second kappa shape index (κ2) is 7.37. The number of halogens is 1. The minimum Gasteiger partial charge on any atom is -0.390 e. The van der Waals surface area contributed by atoms with Gasteiger partial charge in [0, 0.05) is 18.2 Å². The maximum Gasteiger partial charge on any atom is 0.249 e. The predicted octanol–water partition coefficient (Wildman–Crippen LogP) is 0.989. The molecule has 110 valence electrons. The molecular weight excluding hydrogens is 285 g/mol. The van der Waals surface area contributed by atoms with Crippen LogP contribution in [0.2, 0.25) is 0 Å². The molecule has 2 unspecified atom stereocenters. The first-order valence-corrected chi connectivity index (χ1v) is 6.90. The summed E-state index contributed by atoms with van der Waals surface area (Å²) < 4.78 is 13.2. The average Bonchev–Trinajstić information content (AvgIpc) is 2.36. The zero-order chi connectivity index (χ0) is 15.3. The van der Waals surface area contributed by atoms with Gasteiger partial charge < -0.3 is 15.9 Å². The number of primary amides is 1. The molecule has 0 bridgehead atoms. The summed E-state index contributed by atoms with van der Waals surface area (Å²) in [5, 5.41) is 19.7. The van der Waals surface area contributed by atoms with Gasteiger partial charge >= 0.3 is 0 Å². The Balaban J connectivity index is 2.84. The van der Waals surface area contributed by atoms with Gasteiger partial charge in [0.05, 0.1) is 6.10 Å². The van der Waals surface area contributed by atoms with Crippen molar-refractivity contribution >= 4 is 22.8 Å². The molecule has 0 spiro atoms. The number of amides is 1. The average molecular weight is 301 g/mol. The van der Waals surface area contributed by atoms with Gasteiger partial charge in [-0.15, -0.1) is 0 Å². The van der Waals surface area contributed by atoms with Crippen LogP contribution in [0, 0.1) is 5.82 Å². The summed E-state index contributed by atoms with van der Waals surface area (Å²) in [5.74, 6) is -1.15. The van der Waals surface area contributed by atoms with Crippen molar-refractivity contribution in [2.75, 3.05) is 5.75 Å². The summed E-state index contributed by atoms with van der Waals surface area (Å²) in [6.45, 7) is 1.39. The first kappa shape index (κ1) is 16.6. The van der Waals surface area contributed by atoms with Crippen LogP contribution in [0.25, 0.3) is 0 Å². The molecule has 20 heavy (non-hydrogen) atoms. The summed E-state index contributed by atoms with van der Waals surface area (Å²) in [6.07, 6.45) is -2.54. The lowest BCUT2D eigenvalue weighted by atomic mass is 9.97. The molecule has 4 N–H and O–H groups in total. The van der Waals surface area contributed by atoms with Crippen LogP contribution in [0.4, 0.5) is 4.39 Å². The number of carbonyl (C=O) groups excluding carboxylic acids is 2. The number of hydrogen-bond donors (Lipinski definition) is 3. The highest BCUT2D eigenvalue weighted by Gasteiger charge is 2.23. The lowest BCUT2D eigenvalue weighted by molar-refractivity contribution is -0.109. The van der Waals surface area contributed by atoms with Crippen LogP contribution < -0.4 is 5.73 Å². The maximum absolute atomic E-state index is 13.2. The molecular formula is C13H16FNO4S. The standard InChI is InChI=1S/C13H16FNO4S/c1-7(16)20-5-4-11(17)12(18)10-6-8(14)2-3-9(10)13(15)19/h2-3,6,11-12,17-18H,4-5H2,1H3,(H2,15,19). The molecule has 1 aromatic carbocycles. The molecule has 0 aliphatic rings. The van der Waals surface area contributed by atoms with E-state index in [1.165, 1.54) is 6.92 Å². The van der Waals surface area contributed by atoms with Gasteiger partial charge in [0.2, 0.25) is 5.91 Å². The number of nitrogens with two attached hydrogens (primary N) is 1. The first-order valence-electron chi connectivity index (χ1n) is 5.91. The Bertz CT molecular complexity index is 509. The minimum absolute atomic E-state index is 0.0443. The topological polar surface area (TPSA) is 101 Å². The van der Waals surface area contributed by atoms with Crippen LogP contribution in [-0.2, 0) is 4.79 Å². The van der Waals surface area contributed by atoms with Crippen LogP contribution >= 0.6 is 11.8 Å². The predicted molar refractivity (Wildman–Crippen MR) is 73.6 cm³/mol. The van der Waals surface area contributed by atoms with E-state index < -0.39 is 23.9 Å². The van der Waals surface area contributed by atoms with Crippen LogP contribution in [-0.4, -0.2) is 33.1 Å². The molecule has 0 aliphatic carbocycles. The van der Waals surface area contributed by atoms with Crippen LogP contribution in [0.15, 0.2) is 18.2 Å². The maximum atomic E-state index is 13.2. The molecule has 0 saturated carbocycles. The molecule has 0 aromatic heterocycles. The normalized spacial score (nSPS) is 13.8. The van der Waals surface area contributed by atoms with Gasteiger partial charge in [-0.05, 0) is 30.2 Å². The summed E-state index contributed by atoms with van der Waals surface area (Å²) in [4.78, 5) is 22.0. The molecule has 0 saturated heterocycles. The van der Waals surface area contributed by atoms with Crippen molar-refractivity contribution in [1.29, 1.82) is 0 Å². The SMILES string of the molecule is CC(=O)SCCC(O)C(O)c1cc(F)ccc1C(N)=O. The summed E-state index contributed by atoms with van der Waals surface area (Å²) in [7, 11) is 0. The Labute approximate surface area is 120 Å². The third-order valence-electron chi connectivity index (χ3n) is 2.68. The third-order valence-corrected chi connectivity index (χ3v) is 3.53. The molecule has 1 amide bonds. The smallest absolute Gasteiger partial charge is 0.249 e. The molecule has 0 heterocycles. The van der Waals surface area contributed by atoms with E-state index in [0.29, 0.717) is 5.75 Å². The number of thioether (sulfide) groups is 1. The van der Waals surface area contributed by atoms with Crippen LogP contribution in [0.1, 0.15) is 35.4 Å². The Morgan fingerprint density at radius 2 is 2.05 bits per heavy atom. The van der Waals surface area contributed by atoms with Crippen molar-refractivity contribution in [3.63, 3.8) is 0 Å². The van der Waals surface area contributed by atoms with Gasteiger partial charge in [-0.2, -0.15) is 0 Å². The molecule has 5 nitrogen and oxygen atoms in total. The van der Waals surface area contributed by atoms with Gasteiger partial charge in [-0.3, -0.25) is 9.59 Å². The molecule has 0 aliphatic heterocycles. The van der Waals surface area contributed by atoms with Gasteiger partial charge in [-0.25, -0.2) is 4.39 Å². The Hall–Kier alpha value is -1.44. The molecule has 0 fully saturated rings. The largest absolute Gasteiger partial charge is 0.390 e. The van der Waals surface area contributed by atoms with Gasteiger partial charge in [-0.1, -0.05) is 11.8 Å². The highest BCUT2D eigenvalue weighted by molar-refractivity contribution is 8.13. The van der Waals surface area contributed by atoms with Crippen LogP contribution in [0.5, 0.6) is 0 Å². The Kier molecular flexibility index (Phi) is 6.12. The fourth-order valence-electron chi connectivity index (χ4n) is 1.69. The molecule has 2 atom stereocenters. The number of aliphatic hydroxyl groups is 2. The third kappa shape index (κ3) is 4.59. The monoisotopic (exact) mass is 301 g/mol. The van der Waals surface area contributed by atoms with Crippen LogP contribution in [0.3, 0.4) is 0 Å². The van der Waals surface area contributed by atoms with E-state index in [1.807, 2.05) is 0 Å². The number of carbonyl (C=O) groups is 2. The lowest BCUT2D eigenvalue weighted by Gasteiger charge is -2.19. The van der Waals surface area contributed by atoms with E-state index in [0.717, 1.165) is 30.0 Å². The molecule has 0 radical (unpaired) electrons. The highest BCUT2D eigenvalue weighted by atomic mass is 32.2. The molecule has 1 rings (SSSR count). The summed E-state index contributed by atoms with van der Waals surface area (Å²) >= 11 is 1.01. The van der Waals surface area contributed by atoms with E-state index in [-0.39, 0.29) is 22.7 Å². The highest BCUT2D eigenvalue weighted by Crippen LogP contribution is 2.24. The zero-order valence-corrected chi connectivity index (χ0v) is 11.7. The van der Waals surface area contributed by atoms with Gasteiger partial charge in [0.1, 0.15) is 11.9 Å².